The van der Waals surface area contributed by atoms with Crippen molar-refractivity contribution in [1.29, 1.82) is 0 Å². The van der Waals surface area contributed by atoms with Crippen molar-refractivity contribution in [2.24, 2.45) is 12.2 Å². The van der Waals surface area contributed by atoms with Crippen molar-refractivity contribution >= 4 is 10.0 Å². The lowest BCUT2D eigenvalue weighted by Gasteiger charge is -2.04. The van der Waals surface area contributed by atoms with Crippen LogP contribution >= 0.6 is 0 Å². The highest BCUT2D eigenvalue weighted by Gasteiger charge is 2.15. The number of sulfonamides is 1. The summed E-state index contributed by atoms with van der Waals surface area (Å²) in [7, 11) is -2.48. The second-order valence-electron chi connectivity index (χ2n) is 3.95. The van der Waals surface area contributed by atoms with E-state index in [-0.39, 0.29) is 6.54 Å². The van der Waals surface area contributed by atoms with Gasteiger partial charge in [-0.3, -0.25) is 19.0 Å². The number of primary sulfonamides is 1. The Bertz CT molecular complexity index is 829. The summed E-state index contributed by atoms with van der Waals surface area (Å²) in [5.41, 5.74) is -1.08. The van der Waals surface area contributed by atoms with Crippen LogP contribution in [-0.2, 0) is 23.6 Å². The molecule has 0 aliphatic rings. The number of nitrogens with zero attached hydrogens (tertiary/aromatic N) is 3. The van der Waals surface area contributed by atoms with E-state index in [0.717, 1.165) is 10.8 Å². The van der Waals surface area contributed by atoms with E-state index in [4.69, 9.17) is 5.14 Å². The van der Waals surface area contributed by atoms with Gasteiger partial charge in [-0.15, -0.1) is 0 Å². The summed E-state index contributed by atoms with van der Waals surface area (Å²) >= 11 is 0. The normalized spacial score (nSPS) is 11.7. The third kappa shape index (κ3) is 2.80. The molecule has 0 atom stereocenters. The lowest BCUT2D eigenvalue weighted by Crippen LogP contribution is -2.34. The summed E-state index contributed by atoms with van der Waals surface area (Å²) in [6, 6.07) is 0. The minimum absolute atomic E-state index is 0.0754. The molecule has 0 aromatic carbocycles. The van der Waals surface area contributed by atoms with Crippen molar-refractivity contribution in [2.45, 2.75) is 11.4 Å². The Hall–Kier alpha value is -2.20. The Morgan fingerprint density at radius 1 is 1.37 bits per heavy atom. The zero-order valence-corrected chi connectivity index (χ0v) is 10.7. The van der Waals surface area contributed by atoms with Crippen LogP contribution in [0.4, 0.5) is 0 Å². The number of nitrogens with two attached hydrogens (primary N) is 1. The van der Waals surface area contributed by atoms with E-state index in [0.29, 0.717) is 5.56 Å². The lowest BCUT2D eigenvalue weighted by atomic mass is 10.3. The second kappa shape index (κ2) is 4.48. The first-order valence-electron chi connectivity index (χ1n) is 5.11. The first-order valence-corrected chi connectivity index (χ1v) is 6.66. The van der Waals surface area contributed by atoms with E-state index in [9.17, 15) is 18.0 Å². The van der Waals surface area contributed by atoms with Gasteiger partial charge >= 0.3 is 5.69 Å². The van der Waals surface area contributed by atoms with Crippen LogP contribution in [0.2, 0.25) is 0 Å². The summed E-state index contributed by atoms with van der Waals surface area (Å²) < 4.78 is 25.0. The predicted octanol–water partition coefficient (Wildman–Crippen LogP) is -2.03. The van der Waals surface area contributed by atoms with E-state index in [1.54, 1.807) is 13.2 Å². The van der Waals surface area contributed by atoms with Crippen LogP contribution in [0.15, 0.2) is 33.1 Å². The van der Waals surface area contributed by atoms with Gasteiger partial charge in [-0.25, -0.2) is 18.4 Å². The molecule has 0 unspecified atom stereocenters. The zero-order valence-electron chi connectivity index (χ0n) is 9.90. The van der Waals surface area contributed by atoms with Crippen LogP contribution in [0, 0.1) is 0 Å². The molecule has 0 saturated heterocycles. The smallest absolute Gasteiger partial charge is 0.295 e. The van der Waals surface area contributed by atoms with Gasteiger partial charge < -0.3 is 0 Å². The van der Waals surface area contributed by atoms with Crippen LogP contribution < -0.4 is 16.4 Å². The first-order chi connectivity index (χ1) is 8.77. The molecule has 0 amide bonds. The van der Waals surface area contributed by atoms with Crippen LogP contribution in [0.5, 0.6) is 0 Å². The topological polar surface area (TPSA) is 133 Å². The first kappa shape index (κ1) is 13.2. The highest BCUT2D eigenvalue weighted by molar-refractivity contribution is 7.89. The Kier molecular flexibility index (Phi) is 3.12. The summed E-state index contributed by atoms with van der Waals surface area (Å²) in [5, 5.41) is 8.81. The molecular weight excluding hydrogens is 274 g/mol. The van der Waals surface area contributed by atoms with Crippen molar-refractivity contribution in [3.05, 3.63) is 45.0 Å². The van der Waals surface area contributed by atoms with Gasteiger partial charge in [0.15, 0.2) is 4.90 Å². The van der Waals surface area contributed by atoms with Crippen LogP contribution in [0.25, 0.3) is 0 Å². The Labute approximate surface area is 107 Å². The molecule has 0 saturated carbocycles. The molecule has 102 valence electrons. The lowest BCUT2D eigenvalue weighted by molar-refractivity contribution is 0.591. The van der Waals surface area contributed by atoms with E-state index >= 15 is 0 Å². The summed E-state index contributed by atoms with van der Waals surface area (Å²) in [5.74, 6) is 0. The molecule has 0 radical (unpaired) electrons. The SMILES string of the molecule is Cn1cc(Cn2cc(S(N)(=O)=O)c(=O)[nH]c2=O)cn1. The van der Waals surface area contributed by atoms with Crippen molar-refractivity contribution in [3.63, 3.8) is 0 Å². The maximum absolute atomic E-state index is 11.6. The number of hydrogen-bond donors (Lipinski definition) is 2. The quantitative estimate of drug-likeness (QED) is 0.670. The van der Waals surface area contributed by atoms with Crippen LogP contribution in [-0.4, -0.2) is 27.7 Å². The van der Waals surface area contributed by atoms with Crippen molar-refractivity contribution in [2.75, 3.05) is 0 Å². The molecule has 3 N–H and O–H groups in total. The maximum atomic E-state index is 11.6. The fourth-order valence-electron chi connectivity index (χ4n) is 1.56. The van der Waals surface area contributed by atoms with Crippen LogP contribution in [0.3, 0.4) is 0 Å². The number of nitrogens with one attached hydrogen (secondary N) is 1. The molecule has 0 bridgehead atoms. The van der Waals surface area contributed by atoms with E-state index in [1.165, 1.54) is 10.9 Å². The molecule has 2 rings (SSSR count). The number of hydrogen-bond acceptors (Lipinski definition) is 5. The van der Waals surface area contributed by atoms with Gasteiger partial charge in [0.25, 0.3) is 5.56 Å². The van der Waals surface area contributed by atoms with Crippen molar-refractivity contribution in [1.82, 2.24) is 19.3 Å². The molecule has 0 fully saturated rings. The fraction of sp³-hybridized carbons (Fsp3) is 0.222. The maximum Gasteiger partial charge on any atom is 0.328 e. The summed E-state index contributed by atoms with van der Waals surface area (Å²) in [6.07, 6.45) is 4.10. The molecule has 10 heteroatoms. The van der Waals surface area contributed by atoms with E-state index in [1.807, 2.05) is 4.98 Å². The molecular formula is C9H11N5O4S. The summed E-state index contributed by atoms with van der Waals surface area (Å²) in [4.78, 5) is 24.2. The number of aryl methyl sites for hydroxylation is 1. The number of aromatic nitrogens is 4. The number of H-pyrrole nitrogens is 1. The van der Waals surface area contributed by atoms with Gasteiger partial charge in [-0.2, -0.15) is 5.10 Å². The Balaban J connectivity index is 2.53. The van der Waals surface area contributed by atoms with Gasteiger partial charge in [0.1, 0.15) is 0 Å². The molecule has 19 heavy (non-hydrogen) atoms. The molecule has 2 heterocycles. The fourth-order valence-corrected chi connectivity index (χ4v) is 2.14. The molecule has 0 aliphatic heterocycles. The predicted molar refractivity (Wildman–Crippen MR) is 65.0 cm³/mol. The largest absolute Gasteiger partial charge is 0.328 e. The standard InChI is InChI=1S/C9H11N5O4S/c1-13-3-6(2-11-13)4-14-5-7(19(10,17)18)8(15)12-9(14)16/h2-3,5H,4H2,1H3,(H2,10,17,18)(H,12,15,16). The molecule has 2 aromatic heterocycles. The molecule has 9 nitrogen and oxygen atoms in total. The molecule has 0 aliphatic carbocycles. The third-order valence-electron chi connectivity index (χ3n) is 2.40. The number of rotatable bonds is 3. The van der Waals surface area contributed by atoms with Crippen LogP contribution in [0.1, 0.15) is 5.56 Å². The highest BCUT2D eigenvalue weighted by atomic mass is 32.2. The van der Waals surface area contributed by atoms with Gasteiger partial charge in [0, 0.05) is 25.0 Å². The van der Waals surface area contributed by atoms with Gasteiger partial charge in [-0.1, -0.05) is 0 Å². The average molecular weight is 285 g/mol. The van der Waals surface area contributed by atoms with E-state index < -0.39 is 26.2 Å². The van der Waals surface area contributed by atoms with Gasteiger partial charge in [0.2, 0.25) is 10.0 Å². The summed E-state index contributed by atoms with van der Waals surface area (Å²) in [6.45, 7) is 0.0754. The van der Waals surface area contributed by atoms with Crippen molar-refractivity contribution in [3.8, 4) is 0 Å². The minimum Gasteiger partial charge on any atom is -0.295 e. The third-order valence-corrected chi connectivity index (χ3v) is 3.30. The Morgan fingerprint density at radius 3 is 2.58 bits per heavy atom. The van der Waals surface area contributed by atoms with Gasteiger partial charge in [-0.05, 0) is 0 Å². The highest BCUT2D eigenvalue weighted by Crippen LogP contribution is 2.01. The minimum atomic E-state index is -4.18. The number of aromatic amines is 1. The molecule has 2 aromatic rings. The Morgan fingerprint density at radius 2 is 2.05 bits per heavy atom. The monoisotopic (exact) mass is 285 g/mol. The van der Waals surface area contributed by atoms with Crippen molar-refractivity contribution < 1.29 is 8.42 Å². The van der Waals surface area contributed by atoms with E-state index in [2.05, 4.69) is 5.10 Å². The second-order valence-corrected chi connectivity index (χ2v) is 5.48. The van der Waals surface area contributed by atoms with Gasteiger partial charge in [0.05, 0.1) is 12.7 Å². The average Bonchev–Trinajstić information content (AvgIpc) is 2.66. The molecule has 0 spiro atoms. The zero-order chi connectivity index (χ0) is 14.2.